The van der Waals surface area contributed by atoms with Crippen LogP contribution in [0.15, 0.2) is 71.6 Å². The molecule has 0 aromatic heterocycles. The molecule has 8 heteroatoms. The summed E-state index contributed by atoms with van der Waals surface area (Å²) in [6.07, 6.45) is 1.64. The number of hydrogen-bond donors (Lipinski definition) is 0. The number of ether oxygens (including phenoxy) is 3. The number of para-hydroxylation sites is 2. The van der Waals surface area contributed by atoms with E-state index in [1.807, 2.05) is 6.92 Å². The van der Waals surface area contributed by atoms with Gasteiger partial charge in [-0.2, -0.15) is 0 Å². The van der Waals surface area contributed by atoms with Crippen molar-refractivity contribution in [2.75, 3.05) is 18.6 Å². The van der Waals surface area contributed by atoms with Crippen LogP contribution in [0.3, 0.4) is 0 Å². The van der Waals surface area contributed by atoms with Gasteiger partial charge in [-0.1, -0.05) is 30.3 Å². The van der Waals surface area contributed by atoms with Crippen molar-refractivity contribution in [3.05, 3.63) is 88.6 Å². The SMILES string of the molecule is CCOc1cc(/C=C2\SC(=O)N(c3ccccc3OC)C2=O)ccc1OCc1cccc(F)c1. The molecule has 4 rings (SSSR count). The fraction of sp³-hybridized carbons (Fsp3) is 0.154. The Kier molecular flexibility index (Phi) is 7.18. The zero-order valence-corrected chi connectivity index (χ0v) is 19.4. The van der Waals surface area contributed by atoms with Crippen LogP contribution in [0.5, 0.6) is 17.2 Å². The van der Waals surface area contributed by atoms with E-state index in [1.54, 1.807) is 60.7 Å². The van der Waals surface area contributed by atoms with E-state index in [0.29, 0.717) is 40.7 Å². The third-order valence-corrected chi connectivity index (χ3v) is 5.84. The fourth-order valence-corrected chi connectivity index (χ4v) is 4.27. The highest BCUT2D eigenvalue weighted by Crippen LogP contribution is 2.40. The topological polar surface area (TPSA) is 65.1 Å². The maximum Gasteiger partial charge on any atom is 0.298 e. The van der Waals surface area contributed by atoms with Crippen molar-refractivity contribution >= 4 is 34.7 Å². The third-order valence-electron chi connectivity index (χ3n) is 4.97. The molecule has 0 spiro atoms. The van der Waals surface area contributed by atoms with Crippen LogP contribution in [0.4, 0.5) is 14.9 Å². The molecule has 0 bridgehead atoms. The molecule has 1 saturated heterocycles. The van der Waals surface area contributed by atoms with Crippen LogP contribution in [-0.4, -0.2) is 24.9 Å². The van der Waals surface area contributed by atoms with E-state index in [2.05, 4.69) is 0 Å². The minimum absolute atomic E-state index is 0.176. The first-order valence-corrected chi connectivity index (χ1v) is 11.4. The quantitative estimate of drug-likeness (QED) is 0.366. The lowest BCUT2D eigenvalue weighted by atomic mass is 10.1. The van der Waals surface area contributed by atoms with Crippen molar-refractivity contribution in [2.24, 2.45) is 0 Å². The number of anilines is 1. The van der Waals surface area contributed by atoms with E-state index in [1.165, 1.54) is 19.2 Å². The van der Waals surface area contributed by atoms with Crippen molar-refractivity contribution in [1.29, 1.82) is 0 Å². The van der Waals surface area contributed by atoms with Gasteiger partial charge in [0, 0.05) is 0 Å². The van der Waals surface area contributed by atoms with Crippen LogP contribution in [0.1, 0.15) is 18.1 Å². The average Bonchev–Trinajstić information content (AvgIpc) is 3.11. The Morgan fingerprint density at radius 1 is 0.941 bits per heavy atom. The summed E-state index contributed by atoms with van der Waals surface area (Å²) in [5.74, 6) is 0.652. The summed E-state index contributed by atoms with van der Waals surface area (Å²) in [5, 5.41) is -0.402. The van der Waals surface area contributed by atoms with Gasteiger partial charge in [0.25, 0.3) is 11.1 Å². The predicted molar refractivity (Wildman–Crippen MR) is 130 cm³/mol. The molecular weight excluding hydrogens is 457 g/mol. The molecule has 1 fully saturated rings. The Morgan fingerprint density at radius 3 is 2.53 bits per heavy atom. The summed E-state index contributed by atoms with van der Waals surface area (Å²) in [4.78, 5) is 27.0. The average molecular weight is 480 g/mol. The highest BCUT2D eigenvalue weighted by molar-refractivity contribution is 8.19. The molecule has 3 aromatic carbocycles. The number of halogens is 1. The van der Waals surface area contributed by atoms with E-state index in [4.69, 9.17) is 14.2 Å². The standard InChI is InChI=1S/C26H22FNO5S/c1-3-32-23-14-17(11-12-22(23)33-16-18-7-6-8-19(27)13-18)15-24-25(29)28(26(30)34-24)20-9-4-5-10-21(20)31-2/h4-15H,3,16H2,1-2H3/b24-15-. The van der Waals surface area contributed by atoms with Gasteiger partial charge in [-0.05, 0) is 72.3 Å². The predicted octanol–water partition coefficient (Wildman–Crippen LogP) is 6.05. The lowest BCUT2D eigenvalue weighted by Crippen LogP contribution is -2.28. The van der Waals surface area contributed by atoms with Crippen LogP contribution in [-0.2, 0) is 11.4 Å². The lowest BCUT2D eigenvalue weighted by molar-refractivity contribution is -0.113. The van der Waals surface area contributed by atoms with Crippen molar-refractivity contribution in [1.82, 2.24) is 0 Å². The summed E-state index contributed by atoms with van der Waals surface area (Å²) >= 11 is 0.858. The smallest absolute Gasteiger partial charge is 0.298 e. The largest absolute Gasteiger partial charge is 0.495 e. The van der Waals surface area contributed by atoms with Gasteiger partial charge in [0.2, 0.25) is 0 Å². The van der Waals surface area contributed by atoms with Gasteiger partial charge in [0.05, 0.1) is 24.3 Å². The normalized spacial score (nSPS) is 14.6. The molecule has 0 N–H and O–H groups in total. The van der Waals surface area contributed by atoms with Crippen LogP contribution >= 0.6 is 11.8 Å². The Labute approximate surface area is 200 Å². The van der Waals surface area contributed by atoms with E-state index in [9.17, 15) is 14.0 Å². The minimum atomic E-state index is -0.427. The van der Waals surface area contributed by atoms with Crippen LogP contribution in [0, 0.1) is 5.82 Å². The molecule has 0 unspecified atom stereocenters. The maximum atomic E-state index is 13.4. The first-order valence-electron chi connectivity index (χ1n) is 10.5. The van der Waals surface area contributed by atoms with Gasteiger partial charge in [-0.3, -0.25) is 9.59 Å². The molecule has 34 heavy (non-hydrogen) atoms. The highest BCUT2D eigenvalue weighted by atomic mass is 32.2. The number of rotatable bonds is 8. The van der Waals surface area contributed by atoms with Crippen molar-refractivity contribution < 1.29 is 28.2 Å². The second-order valence-electron chi connectivity index (χ2n) is 7.25. The van der Waals surface area contributed by atoms with Crippen LogP contribution in [0.2, 0.25) is 0 Å². The second-order valence-corrected chi connectivity index (χ2v) is 8.24. The van der Waals surface area contributed by atoms with Crippen molar-refractivity contribution in [2.45, 2.75) is 13.5 Å². The number of hydrogen-bond acceptors (Lipinski definition) is 6. The summed E-state index contributed by atoms with van der Waals surface area (Å²) in [5.41, 5.74) is 1.76. The van der Waals surface area contributed by atoms with Gasteiger partial charge < -0.3 is 14.2 Å². The molecule has 0 radical (unpaired) electrons. The highest BCUT2D eigenvalue weighted by Gasteiger charge is 2.37. The molecule has 2 amide bonds. The number of carbonyl (C=O) groups is 2. The third kappa shape index (κ3) is 5.07. The molecule has 1 heterocycles. The molecule has 3 aromatic rings. The summed E-state index contributed by atoms with van der Waals surface area (Å²) < 4.78 is 30.3. The van der Waals surface area contributed by atoms with Gasteiger partial charge in [-0.15, -0.1) is 0 Å². The second kappa shape index (κ2) is 10.4. The van der Waals surface area contributed by atoms with Crippen LogP contribution < -0.4 is 19.1 Å². The van der Waals surface area contributed by atoms with Crippen LogP contribution in [0.25, 0.3) is 6.08 Å². The molecule has 0 atom stereocenters. The maximum absolute atomic E-state index is 13.4. The number of methoxy groups -OCH3 is 1. The number of imide groups is 1. The monoisotopic (exact) mass is 479 g/mol. The molecule has 1 aliphatic heterocycles. The van der Waals surface area contributed by atoms with Gasteiger partial charge in [0.15, 0.2) is 11.5 Å². The Bertz CT molecular complexity index is 1260. The first kappa shape index (κ1) is 23.4. The summed E-state index contributed by atoms with van der Waals surface area (Å²) in [7, 11) is 1.49. The number of amides is 2. The summed E-state index contributed by atoms with van der Waals surface area (Å²) in [6.45, 7) is 2.43. The number of benzene rings is 3. The molecule has 0 aliphatic carbocycles. The molecule has 0 saturated carbocycles. The van der Waals surface area contributed by atoms with Gasteiger partial charge in [0.1, 0.15) is 18.2 Å². The number of carbonyl (C=O) groups excluding carboxylic acids is 2. The van der Waals surface area contributed by atoms with Gasteiger partial charge >= 0.3 is 0 Å². The van der Waals surface area contributed by atoms with Gasteiger partial charge in [-0.25, -0.2) is 9.29 Å². The molecule has 6 nitrogen and oxygen atoms in total. The zero-order chi connectivity index (χ0) is 24.1. The lowest BCUT2D eigenvalue weighted by Gasteiger charge is -2.15. The zero-order valence-electron chi connectivity index (χ0n) is 18.6. The van der Waals surface area contributed by atoms with E-state index >= 15 is 0 Å². The Balaban J connectivity index is 1.57. The van der Waals surface area contributed by atoms with E-state index in [-0.39, 0.29) is 17.3 Å². The molecular formula is C26H22FNO5S. The van der Waals surface area contributed by atoms with E-state index < -0.39 is 11.1 Å². The summed E-state index contributed by atoms with van der Waals surface area (Å²) in [6, 6.07) is 18.3. The molecule has 174 valence electrons. The first-order chi connectivity index (χ1) is 16.5. The number of nitrogens with zero attached hydrogens (tertiary/aromatic N) is 1. The number of thioether (sulfide) groups is 1. The van der Waals surface area contributed by atoms with E-state index in [0.717, 1.165) is 16.7 Å². The Morgan fingerprint density at radius 2 is 1.76 bits per heavy atom. The Hall–Kier alpha value is -3.78. The van der Waals surface area contributed by atoms with Crippen molar-refractivity contribution in [3.8, 4) is 17.2 Å². The fourth-order valence-electron chi connectivity index (χ4n) is 3.43. The van der Waals surface area contributed by atoms with Crippen molar-refractivity contribution in [3.63, 3.8) is 0 Å². The molecule has 1 aliphatic rings. The minimum Gasteiger partial charge on any atom is -0.495 e.